The molecule has 5 aromatic rings. The maximum Gasteiger partial charge on any atom is 0.139 e. The number of para-hydroxylation sites is 1. The minimum absolute atomic E-state index is 0.958. The lowest BCUT2D eigenvalue weighted by Gasteiger charge is -2.18. The van der Waals surface area contributed by atoms with Crippen molar-refractivity contribution >= 4 is 46.5 Å². The molecule has 0 atom stereocenters. The fourth-order valence-electron chi connectivity index (χ4n) is 6.01. The molecule has 0 saturated carbocycles. The normalized spacial score (nSPS) is 15.5. The molecule has 1 aromatic heterocycles. The number of nitrogens with zero attached hydrogens (tertiary/aromatic N) is 1. The zero-order valence-corrected chi connectivity index (χ0v) is 22.3. The van der Waals surface area contributed by atoms with Gasteiger partial charge < -0.3 is 4.57 Å². The van der Waals surface area contributed by atoms with Crippen molar-refractivity contribution in [3.8, 4) is 11.1 Å². The maximum atomic E-state index is 2.47. The van der Waals surface area contributed by atoms with E-state index in [1.54, 1.807) is 0 Å². The fraction of sp³-hybridized carbons (Fsp3) is 0.0811. The number of fused-ring (bicyclic) bond motifs is 3. The molecule has 7 rings (SSSR count). The van der Waals surface area contributed by atoms with Crippen LogP contribution >= 0.6 is 0 Å². The predicted octanol–water partition coefficient (Wildman–Crippen LogP) is 9.04. The van der Waals surface area contributed by atoms with Gasteiger partial charge in [-0.15, -0.1) is 0 Å². The number of allylic oxidation sites excluding steroid dienone is 10. The van der Waals surface area contributed by atoms with Crippen LogP contribution < -0.4 is 0 Å². The van der Waals surface area contributed by atoms with Crippen molar-refractivity contribution in [2.45, 2.75) is 19.3 Å². The van der Waals surface area contributed by atoms with E-state index in [2.05, 4.69) is 146 Å². The molecule has 2 aliphatic carbocycles. The Bertz CT molecular complexity index is 1880. The van der Waals surface area contributed by atoms with E-state index in [-0.39, 0.29) is 0 Å². The minimum atomic E-state index is 0.958. The van der Waals surface area contributed by atoms with Gasteiger partial charge in [-0.2, -0.15) is 0 Å². The quantitative estimate of drug-likeness (QED) is 0.217. The Morgan fingerprint density at radius 2 is 1.28 bits per heavy atom. The summed E-state index contributed by atoms with van der Waals surface area (Å²) in [4.78, 5) is 0. The molecule has 0 radical (unpaired) electrons. The Kier molecular flexibility index (Phi) is 6.02. The van der Waals surface area contributed by atoms with Crippen LogP contribution in [0, 0.1) is 0 Å². The number of hydrogen-bond acceptors (Lipinski definition) is 0. The van der Waals surface area contributed by atoms with Gasteiger partial charge in [0.25, 0.3) is 0 Å². The molecule has 0 fully saturated rings. The molecular weight excluding hydrogens is 469 g/mol. The average molecular weight is 499 g/mol. The standard InChI is InChI=1S/C37H30BN/c38-32-13-7-10-27(16-20-32)29-11-6-12-30(24-29)31-19-23-37-35(25-31)34-14-4-5-15-36(34)39(37)33-21-17-28(18-22-33)26-8-2-1-3-9-26/h1-9,11-17,19-21,23-25H,10,18,22,38H2. The summed E-state index contributed by atoms with van der Waals surface area (Å²) in [7, 11) is 2.15. The van der Waals surface area contributed by atoms with E-state index in [4.69, 9.17) is 0 Å². The van der Waals surface area contributed by atoms with E-state index < -0.39 is 0 Å². The zero-order chi connectivity index (χ0) is 26.2. The van der Waals surface area contributed by atoms with Crippen LogP contribution in [0.3, 0.4) is 0 Å². The molecule has 186 valence electrons. The Labute approximate surface area is 231 Å². The third-order valence-corrected chi connectivity index (χ3v) is 8.06. The highest BCUT2D eigenvalue weighted by molar-refractivity contribution is 6.23. The van der Waals surface area contributed by atoms with Crippen LogP contribution in [0.25, 0.3) is 49.8 Å². The smallest absolute Gasteiger partial charge is 0.139 e. The predicted molar refractivity (Wildman–Crippen MR) is 171 cm³/mol. The van der Waals surface area contributed by atoms with Crippen LogP contribution in [0.2, 0.25) is 0 Å². The molecule has 2 heteroatoms. The average Bonchev–Trinajstić information content (AvgIpc) is 3.16. The monoisotopic (exact) mass is 499 g/mol. The van der Waals surface area contributed by atoms with E-state index in [0.29, 0.717) is 0 Å². The first kappa shape index (κ1) is 23.6. The number of benzene rings is 4. The van der Waals surface area contributed by atoms with Crippen molar-refractivity contribution in [2.75, 3.05) is 0 Å². The van der Waals surface area contributed by atoms with Crippen molar-refractivity contribution in [3.63, 3.8) is 0 Å². The van der Waals surface area contributed by atoms with Gasteiger partial charge in [0.2, 0.25) is 0 Å². The number of rotatable bonds is 4. The summed E-state index contributed by atoms with van der Waals surface area (Å²) in [5, 5.41) is 2.61. The lowest BCUT2D eigenvalue weighted by atomic mass is 9.95. The molecule has 0 amide bonds. The Morgan fingerprint density at radius 3 is 2.15 bits per heavy atom. The van der Waals surface area contributed by atoms with Crippen LogP contribution in [0.1, 0.15) is 30.4 Å². The Morgan fingerprint density at radius 1 is 0.538 bits per heavy atom. The van der Waals surface area contributed by atoms with Gasteiger partial charge >= 0.3 is 0 Å². The summed E-state index contributed by atoms with van der Waals surface area (Å²) in [6.45, 7) is 0. The van der Waals surface area contributed by atoms with Crippen molar-refractivity contribution in [1.82, 2.24) is 4.57 Å². The van der Waals surface area contributed by atoms with E-state index in [0.717, 1.165) is 19.3 Å². The Balaban J connectivity index is 1.31. The summed E-state index contributed by atoms with van der Waals surface area (Å²) in [6, 6.07) is 35.6. The third kappa shape index (κ3) is 4.43. The lowest BCUT2D eigenvalue weighted by molar-refractivity contribution is 0.992. The first-order chi connectivity index (χ1) is 19.2. The van der Waals surface area contributed by atoms with Gasteiger partial charge in [0, 0.05) is 16.5 Å². The SMILES string of the molecule is BC1=CC=C(c2cccc(-c3ccc4c(c3)c3ccccc3n4C3=CC=C(c4ccccc4)CC3)c2)CC=C1. The molecule has 0 saturated heterocycles. The van der Waals surface area contributed by atoms with Crippen LogP contribution in [0.5, 0.6) is 0 Å². The van der Waals surface area contributed by atoms with Crippen molar-refractivity contribution < 1.29 is 0 Å². The Hall–Kier alpha value is -4.56. The first-order valence-electron chi connectivity index (χ1n) is 13.9. The van der Waals surface area contributed by atoms with Crippen LogP contribution in [0.15, 0.2) is 139 Å². The second-order valence-electron chi connectivity index (χ2n) is 10.6. The summed E-state index contributed by atoms with van der Waals surface area (Å²) in [6.07, 6.45) is 16.6. The molecule has 1 heterocycles. The number of hydrogen-bond donors (Lipinski definition) is 0. The van der Waals surface area contributed by atoms with Gasteiger partial charge in [-0.1, -0.05) is 109 Å². The molecule has 0 unspecified atom stereocenters. The molecule has 1 nitrogen and oxygen atoms in total. The summed E-state index contributed by atoms with van der Waals surface area (Å²) < 4.78 is 2.47. The van der Waals surface area contributed by atoms with E-state index in [1.807, 2.05) is 0 Å². The second-order valence-corrected chi connectivity index (χ2v) is 10.6. The van der Waals surface area contributed by atoms with Gasteiger partial charge in [-0.05, 0) is 83.0 Å². The summed E-state index contributed by atoms with van der Waals surface area (Å²) in [5.74, 6) is 0. The van der Waals surface area contributed by atoms with Crippen molar-refractivity contribution in [1.29, 1.82) is 0 Å². The van der Waals surface area contributed by atoms with Gasteiger partial charge in [-0.3, -0.25) is 0 Å². The van der Waals surface area contributed by atoms with Gasteiger partial charge in [0.1, 0.15) is 7.85 Å². The second kappa shape index (κ2) is 9.96. The molecule has 39 heavy (non-hydrogen) atoms. The van der Waals surface area contributed by atoms with E-state index in [1.165, 1.54) is 66.4 Å². The van der Waals surface area contributed by atoms with Crippen LogP contribution in [-0.2, 0) is 0 Å². The third-order valence-electron chi connectivity index (χ3n) is 8.06. The fourth-order valence-corrected chi connectivity index (χ4v) is 6.01. The largest absolute Gasteiger partial charge is 0.313 e. The molecular formula is C37H30BN. The van der Waals surface area contributed by atoms with Crippen LogP contribution in [0.4, 0.5) is 0 Å². The van der Waals surface area contributed by atoms with E-state index in [9.17, 15) is 0 Å². The molecule has 2 aliphatic rings. The van der Waals surface area contributed by atoms with E-state index >= 15 is 0 Å². The molecule has 0 bridgehead atoms. The maximum absolute atomic E-state index is 2.47. The topological polar surface area (TPSA) is 4.93 Å². The highest BCUT2D eigenvalue weighted by atomic mass is 15.0. The molecule has 4 aromatic carbocycles. The highest BCUT2D eigenvalue weighted by Gasteiger charge is 2.17. The summed E-state index contributed by atoms with van der Waals surface area (Å²) in [5.41, 5.74) is 13.1. The molecule has 0 N–H and O–H groups in total. The highest BCUT2D eigenvalue weighted by Crippen LogP contribution is 2.38. The molecule has 0 aliphatic heterocycles. The zero-order valence-electron chi connectivity index (χ0n) is 22.3. The van der Waals surface area contributed by atoms with Gasteiger partial charge in [-0.25, -0.2) is 0 Å². The lowest BCUT2D eigenvalue weighted by Crippen LogP contribution is -2.01. The summed E-state index contributed by atoms with van der Waals surface area (Å²) >= 11 is 0. The minimum Gasteiger partial charge on any atom is -0.313 e. The van der Waals surface area contributed by atoms with Gasteiger partial charge in [0.05, 0.1) is 11.0 Å². The number of aromatic nitrogens is 1. The van der Waals surface area contributed by atoms with Crippen LogP contribution in [-0.4, -0.2) is 12.4 Å². The van der Waals surface area contributed by atoms with Gasteiger partial charge in [0.15, 0.2) is 0 Å². The van der Waals surface area contributed by atoms with Crippen molar-refractivity contribution in [3.05, 3.63) is 150 Å². The van der Waals surface area contributed by atoms with Crippen molar-refractivity contribution in [2.24, 2.45) is 0 Å². The molecule has 0 spiro atoms. The first-order valence-corrected chi connectivity index (χ1v) is 13.9.